The van der Waals surface area contributed by atoms with E-state index >= 15 is 0 Å². The van der Waals surface area contributed by atoms with Crippen LogP contribution in [0.1, 0.15) is 0 Å². The number of para-hydroxylation sites is 5. The number of hydrogen-bond acceptors (Lipinski definition) is 4. The predicted octanol–water partition coefficient (Wildman–Crippen LogP) is 10.2. The van der Waals surface area contributed by atoms with E-state index < -0.39 is 0 Å². The van der Waals surface area contributed by atoms with Crippen LogP contribution in [0, 0.1) is 0 Å². The molecule has 0 fully saturated rings. The van der Waals surface area contributed by atoms with Gasteiger partial charge >= 0.3 is 0 Å². The lowest BCUT2D eigenvalue weighted by molar-refractivity contribution is 0.476. The van der Waals surface area contributed by atoms with Crippen molar-refractivity contribution in [3.05, 3.63) is 140 Å². The van der Waals surface area contributed by atoms with Crippen molar-refractivity contribution in [3.8, 4) is 28.6 Å². The number of ether oxygens (including phenoxy) is 1. The molecule has 198 valence electrons. The monoisotopic (exact) mass is 541 g/mol. The Labute approximate surface area is 241 Å². The maximum Gasteiger partial charge on any atom is 0.227 e. The molecule has 0 unspecified atom stereocenters. The van der Waals surface area contributed by atoms with Gasteiger partial charge in [0.25, 0.3) is 0 Å². The molecule has 0 spiro atoms. The van der Waals surface area contributed by atoms with E-state index in [0.29, 0.717) is 11.5 Å². The van der Waals surface area contributed by atoms with Crippen LogP contribution in [0.4, 0.5) is 17.1 Å². The molecule has 2 aromatic heterocycles. The first-order valence-corrected chi connectivity index (χ1v) is 14.0. The number of nitrogens with zero attached hydrogens (tertiary/aromatic N) is 3. The fraction of sp³-hybridized carbons (Fsp3) is 0. The smallest absolute Gasteiger partial charge is 0.227 e. The van der Waals surface area contributed by atoms with Crippen molar-refractivity contribution < 1.29 is 9.15 Å². The van der Waals surface area contributed by atoms with Gasteiger partial charge in [0.2, 0.25) is 5.89 Å². The van der Waals surface area contributed by atoms with Crippen LogP contribution in [0.3, 0.4) is 0 Å². The van der Waals surface area contributed by atoms with Gasteiger partial charge in [0.15, 0.2) is 17.1 Å². The van der Waals surface area contributed by atoms with Crippen molar-refractivity contribution in [2.75, 3.05) is 4.90 Å². The van der Waals surface area contributed by atoms with E-state index in [4.69, 9.17) is 14.1 Å². The number of hydrogen-bond donors (Lipinski definition) is 0. The number of fused-ring (bicyclic) bond motifs is 6. The third-order valence-electron chi connectivity index (χ3n) is 8.00. The Balaban J connectivity index is 1.14. The Morgan fingerprint density at radius 2 is 1.19 bits per heavy atom. The van der Waals surface area contributed by atoms with E-state index in [1.807, 2.05) is 48.5 Å². The van der Waals surface area contributed by atoms with E-state index in [2.05, 4.69) is 100 Å². The molecule has 6 aromatic carbocycles. The lowest BCUT2D eigenvalue weighted by Crippen LogP contribution is -2.15. The molecule has 42 heavy (non-hydrogen) atoms. The molecule has 9 rings (SSSR count). The average molecular weight is 542 g/mol. The van der Waals surface area contributed by atoms with Crippen LogP contribution >= 0.6 is 0 Å². The number of oxazole rings is 1. The second-order valence-electron chi connectivity index (χ2n) is 10.5. The van der Waals surface area contributed by atoms with Crippen molar-refractivity contribution in [2.45, 2.75) is 0 Å². The largest absolute Gasteiger partial charge is 0.453 e. The Hall–Kier alpha value is -5.81. The highest BCUT2D eigenvalue weighted by Gasteiger charge is 2.27. The van der Waals surface area contributed by atoms with Gasteiger partial charge < -0.3 is 18.6 Å². The number of aromatic nitrogens is 2. The topological polar surface area (TPSA) is 43.4 Å². The summed E-state index contributed by atoms with van der Waals surface area (Å²) in [6.45, 7) is 0. The summed E-state index contributed by atoms with van der Waals surface area (Å²) >= 11 is 0. The second-order valence-corrected chi connectivity index (χ2v) is 10.5. The van der Waals surface area contributed by atoms with Crippen LogP contribution in [0.15, 0.2) is 144 Å². The predicted molar refractivity (Wildman–Crippen MR) is 169 cm³/mol. The Kier molecular flexibility index (Phi) is 4.83. The molecule has 5 nitrogen and oxygen atoms in total. The SMILES string of the molecule is c1ccc(N2c3ccccc3Oc3cc4oc(-c5ccc(-n6c7ccccc7c7ccccc76)cc5)nc4cc32)cc1. The zero-order valence-corrected chi connectivity index (χ0v) is 22.4. The summed E-state index contributed by atoms with van der Waals surface area (Å²) in [4.78, 5) is 7.12. The van der Waals surface area contributed by atoms with E-state index in [9.17, 15) is 0 Å². The van der Waals surface area contributed by atoms with Gasteiger partial charge in [-0.1, -0.05) is 66.7 Å². The minimum Gasteiger partial charge on any atom is -0.453 e. The first-order chi connectivity index (χ1) is 20.8. The Bertz CT molecular complexity index is 2230. The molecule has 0 amide bonds. The molecule has 0 N–H and O–H groups in total. The van der Waals surface area contributed by atoms with Gasteiger partial charge in [-0.15, -0.1) is 0 Å². The fourth-order valence-corrected chi connectivity index (χ4v) is 6.11. The van der Waals surface area contributed by atoms with Gasteiger partial charge in [-0.05, 0) is 66.7 Å². The molecule has 0 saturated heterocycles. The van der Waals surface area contributed by atoms with E-state index in [1.54, 1.807) is 0 Å². The van der Waals surface area contributed by atoms with Crippen LogP contribution in [0.2, 0.25) is 0 Å². The molecule has 1 aliphatic rings. The van der Waals surface area contributed by atoms with E-state index in [1.165, 1.54) is 21.8 Å². The third kappa shape index (κ3) is 3.40. The summed E-state index contributed by atoms with van der Waals surface area (Å²) in [6.07, 6.45) is 0. The second kappa shape index (κ2) is 8.85. The molecule has 5 heteroatoms. The molecule has 0 radical (unpaired) electrons. The summed E-state index contributed by atoms with van der Waals surface area (Å²) < 4.78 is 15.0. The number of rotatable bonds is 3. The fourth-order valence-electron chi connectivity index (χ4n) is 6.11. The van der Waals surface area contributed by atoms with Crippen LogP contribution in [-0.2, 0) is 0 Å². The molecule has 1 aliphatic heterocycles. The Morgan fingerprint density at radius 3 is 1.95 bits per heavy atom. The zero-order valence-electron chi connectivity index (χ0n) is 22.4. The maximum absolute atomic E-state index is 6.35. The van der Waals surface area contributed by atoms with Gasteiger partial charge in [-0.2, -0.15) is 0 Å². The number of benzene rings is 6. The van der Waals surface area contributed by atoms with Crippen molar-refractivity contribution in [1.82, 2.24) is 9.55 Å². The lowest BCUT2D eigenvalue weighted by atomic mass is 10.1. The highest BCUT2D eigenvalue weighted by molar-refractivity contribution is 6.09. The van der Waals surface area contributed by atoms with Crippen molar-refractivity contribution in [2.24, 2.45) is 0 Å². The van der Waals surface area contributed by atoms with Gasteiger partial charge in [0.1, 0.15) is 5.52 Å². The molecule has 0 bridgehead atoms. The molecule has 0 atom stereocenters. The van der Waals surface area contributed by atoms with Crippen molar-refractivity contribution >= 4 is 50.0 Å². The highest BCUT2D eigenvalue weighted by atomic mass is 16.5. The maximum atomic E-state index is 6.35. The normalized spacial score (nSPS) is 12.4. The summed E-state index contributed by atoms with van der Waals surface area (Å²) in [6, 6.07) is 47.9. The first-order valence-electron chi connectivity index (χ1n) is 14.0. The van der Waals surface area contributed by atoms with Crippen molar-refractivity contribution in [3.63, 3.8) is 0 Å². The van der Waals surface area contributed by atoms with Gasteiger partial charge in [-0.25, -0.2) is 4.98 Å². The standard InChI is InChI=1S/C37H23N3O2/c1-2-10-25(11-3-1)40-32-16-8-9-17-34(32)41-36-23-35-29(22-33(36)40)38-37(42-35)24-18-20-26(21-19-24)39-30-14-6-4-12-27(30)28-13-5-7-15-31(28)39/h1-23H. The first kappa shape index (κ1) is 22.9. The molecule has 8 aromatic rings. The van der Waals surface area contributed by atoms with Gasteiger partial charge in [-0.3, -0.25) is 0 Å². The quantitative estimate of drug-likeness (QED) is 0.223. The van der Waals surface area contributed by atoms with Gasteiger partial charge in [0, 0.05) is 33.8 Å². The van der Waals surface area contributed by atoms with Crippen molar-refractivity contribution in [1.29, 1.82) is 0 Å². The van der Waals surface area contributed by atoms with E-state index in [-0.39, 0.29) is 0 Å². The lowest BCUT2D eigenvalue weighted by Gasteiger charge is -2.32. The summed E-state index contributed by atoms with van der Waals surface area (Å²) in [5, 5.41) is 2.49. The van der Waals surface area contributed by atoms with E-state index in [0.717, 1.165) is 45.3 Å². The molecular weight excluding hydrogens is 518 g/mol. The average Bonchev–Trinajstić information content (AvgIpc) is 3.62. The highest BCUT2D eigenvalue weighted by Crippen LogP contribution is 2.51. The third-order valence-corrected chi connectivity index (χ3v) is 8.00. The minimum absolute atomic E-state index is 0.574. The molecule has 3 heterocycles. The summed E-state index contributed by atoms with van der Waals surface area (Å²) in [5.41, 5.74) is 8.80. The zero-order chi connectivity index (χ0) is 27.6. The summed E-state index contributed by atoms with van der Waals surface area (Å²) in [5.74, 6) is 2.10. The number of anilines is 3. The molecular formula is C37H23N3O2. The van der Waals surface area contributed by atoms with Crippen LogP contribution in [0.5, 0.6) is 11.5 Å². The molecule has 0 saturated carbocycles. The van der Waals surface area contributed by atoms with Crippen LogP contribution in [-0.4, -0.2) is 9.55 Å². The summed E-state index contributed by atoms with van der Waals surface area (Å²) in [7, 11) is 0. The minimum atomic E-state index is 0.574. The van der Waals surface area contributed by atoms with Crippen LogP contribution < -0.4 is 9.64 Å². The van der Waals surface area contributed by atoms with Gasteiger partial charge in [0.05, 0.1) is 22.4 Å². The Morgan fingerprint density at radius 1 is 0.524 bits per heavy atom. The molecule has 0 aliphatic carbocycles. The van der Waals surface area contributed by atoms with Crippen LogP contribution in [0.25, 0.3) is 50.0 Å².